The van der Waals surface area contributed by atoms with Crippen molar-refractivity contribution in [3.63, 3.8) is 0 Å². The van der Waals surface area contributed by atoms with Gasteiger partial charge in [0.15, 0.2) is 0 Å². The molecule has 1 aromatic heterocycles. The molecule has 0 N–H and O–H groups in total. The van der Waals surface area contributed by atoms with Gasteiger partial charge in [-0.1, -0.05) is 6.58 Å². The monoisotopic (exact) mass is 154 g/mol. The second kappa shape index (κ2) is 2.69. The van der Waals surface area contributed by atoms with Gasteiger partial charge in [0.05, 0.1) is 0 Å². The van der Waals surface area contributed by atoms with E-state index in [0.29, 0.717) is 12.2 Å². The topological polar surface area (TPSA) is 52.7 Å². The normalized spacial score (nSPS) is 10.0. The van der Waals surface area contributed by atoms with Gasteiger partial charge in [-0.15, -0.1) is 0 Å². The van der Waals surface area contributed by atoms with Crippen molar-refractivity contribution in [2.24, 2.45) is 0 Å². The van der Waals surface area contributed by atoms with E-state index < -0.39 is 0 Å². The van der Waals surface area contributed by atoms with Gasteiger partial charge in [0.1, 0.15) is 0 Å². The number of tetrazole rings is 1. The molecule has 1 heterocycles. The second-order valence-electron chi connectivity index (χ2n) is 2.22. The minimum atomic E-state index is -0.236. The highest BCUT2D eigenvalue weighted by Crippen LogP contribution is 1.88. The van der Waals surface area contributed by atoms with E-state index in [9.17, 15) is 4.79 Å². The van der Waals surface area contributed by atoms with Gasteiger partial charge in [-0.05, 0) is 24.3 Å². The van der Waals surface area contributed by atoms with Crippen LogP contribution < -0.4 is 5.69 Å². The van der Waals surface area contributed by atoms with Gasteiger partial charge < -0.3 is 0 Å². The van der Waals surface area contributed by atoms with Crippen LogP contribution in [0.3, 0.4) is 0 Å². The highest BCUT2D eigenvalue weighted by atomic mass is 16.2. The summed E-state index contributed by atoms with van der Waals surface area (Å²) in [5.41, 5.74) is 0.342. The first-order valence-corrected chi connectivity index (χ1v) is 3.35. The number of hydrogen-bond acceptors (Lipinski definition) is 3. The van der Waals surface area contributed by atoms with Gasteiger partial charge in [0.2, 0.25) is 0 Å². The first kappa shape index (κ1) is 7.71. The van der Waals surface area contributed by atoms with Crippen LogP contribution in [-0.4, -0.2) is 19.8 Å². The zero-order valence-corrected chi connectivity index (χ0v) is 6.61. The Kier molecular flexibility index (Phi) is 1.89. The summed E-state index contributed by atoms with van der Waals surface area (Å²) in [5, 5.41) is 7.22. The smallest absolute Gasteiger partial charge is 0.244 e. The summed E-state index contributed by atoms with van der Waals surface area (Å²) in [6.07, 6.45) is 0. The molecule has 0 unspecified atom stereocenters. The van der Waals surface area contributed by atoms with Gasteiger partial charge >= 0.3 is 5.69 Å². The van der Waals surface area contributed by atoms with Crippen molar-refractivity contribution in [3.05, 3.63) is 17.1 Å². The zero-order valence-electron chi connectivity index (χ0n) is 6.61. The number of rotatable bonds is 2. The lowest BCUT2D eigenvalue weighted by Gasteiger charge is -1.91. The molecule has 0 amide bonds. The summed E-state index contributed by atoms with van der Waals surface area (Å²) in [5.74, 6) is 0. The average molecular weight is 154 g/mol. The highest BCUT2D eigenvalue weighted by Gasteiger charge is 2.03. The van der Waals surface area contributed by atoms with E-state index in [1.807, 2.05) is 6.92 Å². The Hall–Kier alpha value is -1.39. The summed E-state index contributed by atoms with van der Waals surface area (Å²) in [6.45, 7) is 7.65. The van der Waals surface area contributed by atoms with Gasteiger partial charge in [-0.25, -0.2) is 4.79 Å². The van der Waals surface area contributed by atoms with Crippen LogP contribution >= 0.6 is 0 Å². The molecule has 11 heavy (non-hydrogen) atoms. The van der Waals surface area contributed by atoms with Crippen molar-refractivity contribution in [2.75, 3.05) is 0 Å². The number of hydrogen-bond donors (Lipinski definition) is 0. The van der Waals surface area contributed by atoms with Crippen LogP contribution in [0.4, 0.5) is 0 Å². The van der Waals surface area contributed by atoms with Crippen LogP contribution in [0.2, 0.25) is 0 Å². The van der Waals surface area contributed by atoms with E-state index in [2.05, 4.69) is 17.0 Å². The molecule has 0 saturated carbocycles. The Morgan fingerprint density at radius 1 is 1.64 bits per heavy atom. The summed E-state index contributed by atoms with van der Waals surface area (Å²) < 4.78 is 2.44. The summed E-state index contributed by atoms with van der Waals surface area (Å²) in [7, 11) is 0. The van der Waals surface area contributed by atoms with Crippen molar-refractivity contribution in [1.29, 1.82) is 0 Å². The third-order valence-electron chi connectivity index (χ3n) is 1.30. The molecular formula is C6H10N4O. The van der Waals surface area contributed by atoms with Crippen molar-refractivity contribution in [3.8, 4) is 0 Å². The Morgan fingerprint density at radius 2 is 2.27 bits per heavy atom. The SMILES string of the molecule is C=C(C)n1nnn(CC)c1=O. The third-order valence-corrected chi connectivity index (χ3v) is 1.30. The maximum absolute atomic E-state index is 11.2. The van der Waals surface area contributed by atoms with Crippen LogP contribution in [0.15, 0.2) is 11.4 Å². The molecule has 60 valence electrons. The van der Waals surface area contributed by atoms with E-state index in [1.54, 1.807) is 6.92 Å². The van der Waals surface area contributed by atoms with E-state index in [0.717, 1.165) is 0 Å². The summed E-state index contributed by atoms with van der Waals surface area (Å²) in [4.78, 5) is 11.2. The quantitative estimate of drug-likeness (QED) is 0.600. The van der Waals surface area contributed by atoms with E-state index in [-0.39, 0.29) is 5.69 Å². The number of allylic oxidation sites excluding steroid dienone is 1. The molecule has 1 rings (SSSR count). The van der Waals surface area contributed by atoms with E-state index >= 15 is 0 Å². The molecule has 0 atom stereocenters. The predicted molar refractivity (Wildman–Crippen MR) is 41.0 cm³/mol. The third kappa shape index (κ3) is 1.21. The molecule has 0 saturated heterocycles. The molecule has 0 fully saturated rings. The number of aromatic nitrogens is 4. The van der Waals surface area contributed by atoms with Crippen molar-refractivity contribution >= 4 is 5.70 Å². The van der Waals surface area contributed by atoms with Crippen LogP contribution in [-0.2, 0) is 6.54 Å². The highest BCUT2D eigenvalue weighted by molar-refractivity contribution is 5.34. The maximum Gasteiger partial charge on any atom is 0.368 e. The van der Waals surface area contributed by atoms with Gasteiger partial charge in [0.25, 0.3) is 0 Å². The fourth-order valence-electron chi connectivity index (χ4n) is 0.712. The summed E-state index contributed by atoms with van der Waals surface area (Å²) >= 11 is 0. The van der Waals surface area contributed by atoms with Crippen molar-refractivity contribution in [2.45, 2.75) is 20.4 Å². The van der Waals surface area contributed by atoms with Crippen LogP contribution in [0, 0.1) is 0 Å². The predicted octanol–water partition coefficient (Wildman–Crippen LogP) is -0.0497. The van der Waals surface area contributed by atoms with Gasteiger partial charge in [0, 0.05) is 12.2 Å². The van der Waals surface area contributed by atoms with E-state index in [1.165, 1.54) is 9.36 Å². The Bertz CT molecular complexity index is 322. The van der Waals surface area contributed by atoms with Crippen LogP contribution in [0.25, 0.3) is 5.70 Å². The lowest BCUT2D eigenvalue weighted by molar-refractivity contribution is 0.609. The number of aryl methyl sites for hydroxylation is 1. The van der Waals surface area contributed by atoms with Crippen LogP contribution in [0.5, 0.6) is 0 Å². The van der Waals surface area contributed by atoms with Gasteiger partial charge in [-0.2, -0.15) is 9.36 Å². The molecule has 0 spiro atoms. The molecule has 0 bridgehead atoms. The molecule has 0 aliphatic carbocycles. The van der Waals surface area contributed by atoms with Crippen LogP contribution in [0.1, 0.15) is 13.8 Å². The molecule has 5 nitrogen and oxygen atoms in total. The fraction of sp³-hybridized carbons (Fsp3) is 0.500. The largest absolute Gasteiger partial charge is 0.368 e. The van der Waals surface area contributed by atoms with Gasteiger partial charge in [-0.3, -0.25) is 0 Å². The second-order valence-corrected chi connectivity index (χ2v) is 2.22. The number of nitrogens with zero attached hydrogens (tertiary/aromatic N) is 4. The average Bonchev–Trinajstić information content (AvgIpc) is 2.30. The lowest BCUT2D eigenvalue weighted by Crippen LogP contribution is -2.23. The zero-order chi connectivity index (χ0) is 8.43. The van der Waals surface area contributed by atoms with Crippen molar-refractivity contribution < 1.29 is 0 Å². The Morgan fingerprint density at radius 3 is 2.55 bits per heavy atom. The van der Waals surface area contributed by atoms with E-state index in [4.69, 9.17) is 0 Å². The molecular weight excluding hydrogens is 144 g/mol. The molecule has 0 aliphatic rings. The molecule has 5 heteroatoms. The molecule has 0 aliphatic heterocycles. The molecule has 0 radical (unpaired) electrons. The standard InChI is InChI=1S/C6H10N4O/c1-4-9-6(11)10(5(2)3)8-7-9/h2,4H2,1,3H3. The first-order chi connectivity index (χ1) is 5.16. The Balaban J connectivity index is 3.22. The first-order valence-electron chi connectivity index (χ1n) is 3.35. The summed E-state index contributed by atoms with van der Waals surface area (Å²) in [6, 6.07) is 0. The maximum atomic E-state index is 11.2. The lowest BCUT2D eigenvalue weighted by atomic mass is 10.6. The molecule has 0 aromatic carbocycles. The minimum Gasteiger partial charge on any atom is -0.244 e. The molecule has 1 aromatic rings. The minimum absolute atomic E-state index is 0.236. The van der Waals surface area contributed by atoms with Crippen molar-refractivity contribution in [1.82, 2.24) is 19.8 Å². The fourth-order valence-corrected chi connectivity index (χ4v) is 0.712. The Labute approximate surface area is 63.9 Å².